The van der Waals surface area contributed by atoms with E-state index in [4.69, 9.17) is 4.98 Å². The fraction of sp³-hybridized carbons (Fsp3) is 0.0952. The van der Waals surface area contributed by atoms with Gasteiger partial charge in [-0.3, -0.25) is 0 Å². The van der Waals surface area contributed by atoms with E-state index in [1.807, 2.05) is 35.0 Å². The molecule has 6 rings (SSSR count). The van der Waals surface area contributed by atoms with Gasteiger partial charge in [-0.1, -0.05) is 36.0 Å². The number of nitrogens with zero attached hydrogens (tertiary/aromatic N) is 7. The van der Waals surface area contributed by atoms with Gasteiger partial charge in [-0.25, -0.2) is 24.1 Å². The Hall–Kier alpha value is -3.30. The van der Waals surface area contributed by atoms with Crippen LogP contribution in [0.2, 0.25) is 0 Å². The van der Waals surface area contributed by atoms with Gasteiger partial charge in [0.2, 0.25) is 0 Å². The van der Waals surface area contributed by atoms with Crippen molar-refractivity contribution in [1.29, 1.82) is 0 Å². The molecule has 0 atom stereocenters. The number of benzene rings is 2. The molecule has 7 nitrogen and oxygen atoms in total. The molecule has 0 aliphatic rings. The van der Waals surface area contributed by atoms with E-state index in [9.17, 15) is 0 Å². The van der Waals surface area contributed by atoms with Crippen molar-refractivity contribution in [3.63, 3.8) is 0 Å². The smallest absolute Gasteiger partial charge is 0.170 e. The third-order valence-corrected chi connectivity index (χ3v) is 6.97. The Morgan fingerprint density at radius 3 is 2.87 bits per heavy atom. The molecule has 0 saturated carbocycles. The maximum absolute atomic E-state index is 4.75. The second-order valence-electron chi connectivity index (χ2n) is 6.91. The minimum atomic E-state index is 0.648. The van der Waals surface area contributed by atoms with Crippen LogP contribution >= 0.6 is 23.1 Å². The standard InChI is InChI=1S/C21H15N7S2/c1-13-5-4-6-14(9-13)28-19-15(10-23-28)20-25-18(26-27(20)12-22-19)11-29-21-24-16-7-2-3-8-17(16)30-21/h2-10,12H,11H2,1H3. The molecule has 0 spiro atoms. The minimum absolute atomic E-state index is 0.648. The lowest BCUT2D eigenvalue weighted by Crippen LogP contribution is -1.99. The van der Waals surface area contributed by atoms with Crippen molar-refractivity contribution in [1.82, 2.24) is 34.3 Å². The van der Waals surface area contributed by atoms with Crippen LogP contribution in [0.25, 0.3) is 32.6 Å². The highest BCUT2D eigenvalue weighted by molar-refractivity contribution is 8.00. The van der Waals surface area contributed by atoms with Crippen molar-refractivity contribution in [2.45, 2.75) is 17.0 Å². The summed E-state index contributed by atoms with van der Waals surface area (Å²) in [4.78, 5) is 14.0. The van der Waals surface area contributed by atoms with Gasteiger partial charge >= 0.3 is 0 Å². The first-order valence-electron chi connectivity index (χ1n) is 9.38. The number of aromatic nitrogens is 7. The van der Waals surface area contributed by atoms with Crippen LogP contribution in [0, 0.1) is 6.92 Å². The second-order valence-corrected chi connectivity index (χ2v) is 9.16. The summed E-state index contributed by atoms with van der Waals surface area (Å²) in [5.74, 6) is 1.39. The first-order valence-corrected chi connectivity index (χ1v) is 11.2. The fourth-order valence-corrected chi connectivity index (χ4v) is 5.33. The Kier molecular flexibility index (Phi) is 4.03. The van der Waals surface area contributed by atoms with Crippen LogP contribution in [-0.4, -0.2) is 34.3 Å². The molecule has 9 heteroatoms. The van der Waals surface area contributed by atoms with Crippen LogP contribution in [0.15, 0.2) is 65.4 Å². The maximum atomic E-state index is 4.75. The summed E-state index contributed by atoms with van der Waals surface area (Å²) in [5.41, 5.74) is 4.72. The van der Waals surface area contributed by atoms with E-state index in [-0.39, 0.29) is 0 Å². The van der Waals surface area contributed by atoms with Gasteiger partial charge in [0, 0.05) is 0 Å². The van der Waals surface area contributed by atoms with Gasteiger partial charge in [-0.2, -0.15) is 5.10 Å². The Morgan fingerprint density at radius 2 is 1.97 bits per heavy atom. The number of para-hydroxylation sites is 1. The zero-order valence-corrected chi connectivity index (χ0v) is 17.6. The highest BCUT2D eigenvalue weighted by atomic mass is 32.2. The molecule has 146 valence electrons. The molecule has 0 aliphatic heterocycles. The Balaban J connectivity index is 1.34. The topological polar surface area (TPSA) is 73.8 Å². The first kappa shape index (κ1) is 17.5. The van der Waals surface area contributed by atoms with Gasteiger partial charge in [0.05, 0.1) is 33.2 Å². The van der Waals surface area contributed by atoms with E-state index < -0.39 is 0 Å². The van der Waals surface area contributed by atoms with Gasteiger partial charge < -0.3 is 0 Å². The summed E-state index contributed by atoms with van der Waals surface area (Å²) in [6, 6.07) is 16.4. The van der Waals surface area contributed by atoms with Crippen molar-refractivity contribution >= 4 is 50.0 Å². The zero-order valence-electron chi connectivity index (χ0n) is 15.9. The maximum Gasteiger partial charge on any atom is 0.170 e. The third kappa shape index (κ3) is 2.94. The molecule has 0 aliphatic carbocycles. The predicted molar refractivity (Wildman–Crippen MR) is 119 cm³/mol. The SMILES string of the molecule is Cc1cccc(-n2ncc3c2ncn2nc(CSc4nc5ccccc5s4)nc32)c1. The first-order chi connectivity index (χ1) is 14.7. The van der Waals surface area contributed by atoms with Crippen LogP contribution in [0.1, 0.15) is 11.4 Å². The quantitative estimate of drug-likeness (QED) is 0.379. The molecule has 0 fully saturated rings. The predicted octanol–water partition coefficient (Wildman–Crippen LogP) is 4.67. The molecule has 0 amide bonds. The number of hydrogen-bond donors (Lipinski definition) is 0. The summed E-state index contributed by atoms with van der Waals surface area (Å²) < 4.78 is 5.77. The molecule has 30 heavy (non-hydrogen) atoms. The molecule has 0 radical (unpaired) electrons. The molecule has 4 aromatic heterocycles. The molecule has 0 unspecified atom stereocenters. The second kappa shape index (κ2) is 6.89. The lowest BCUT2D eigenvalue weighted by molar-refractivity contribution is 0.873. The number of aryl methyl sites for hydroxylation is 1. The van der Waals surface area contributed by atoms with Gasteiger partial charge in [-0.05, 0) is 36.8 Å². The number of hydrogen-bond acceptors (Lipinski definition) is 7. The minimum Gasteiger partial charge on any atom is -0.230 e. The summed E-state index contributed by atoms with van der Waals surface area (Å²) in [6.07, 6.45) is 3.50. The van der Waals surface area contributed by atoms with E-state index in [1.165, 1.54) is 10.3 Å². The molecular formula is C21H15N7S2. The van der Waals surface area contributed by atoms with Crippen molar-refractivity contribution in [3.05, 3.63) is 72.4 Å². The average Bonchev–Trinajstić information content (AvgIpc) is 3.46. The fourth-order valence-electron chi connectivity index (χ4n) is 3.41. The summed E-state index contributed by atoms with van der Waals surface area (Å²) >= 11 is 3.34. The van der Waals surface area contributed by atoms with Gasteiger partial charge in [0.1, 0.15) is 6.33 Å². The monoisotopic (exact) mass is 429 g/mol. The molecule has 4 heterocycles. The van der Waals surface area contributed by atoms with E-state index in [2.05, 4.69) is 45.3 Å². The van der Waals surface area contributed by atoms with Crippen LogP contribution in [0.4, 0.5) is 0 Å². The third-order valence-electron chi connectivity index (χ3n) is 4.79. The zero-order chi connectivity index (χ0) is 20.1. The number of thiazole rings is 1. The van der Waals surface area contributed by atoms with E-state index in [1.54, 1.807) is 40.1 Å². The van der Waals surface area contributed by atoms with Crippen molar-refractivity contribution < 1.29 is 0 Å². The molecule has 2 aromatic carbocycles. The van der Waals surface area contributed by atoms with E-state index in [0.29, 0.717) is 5.75 Å². The van der Waals surface area contributed by atoms with Crippen LogP contribution < -0.4 is 0 Å². The average molecular weight is 430 g/mol. The summed E-state index contributed by atoms with van der Waals surface area (Å²) in [7, 11) is 0. The van der Waals surface area contributed by atoms with Gasteiger partial charge in [0.25, 0.3) is 0 Å². The highest BCUT2D eigenvalue weighted by Crippen LogP contribution is 2.31. The Bertz CT molecular complexity index is 1500. The van der Waals surface area contributed by atoms with Crippen molar-refractivity contribution in [2.75, 3.05) is 0 Å². The number of rotatable bonds is 4. The van der Waals surface area contributed by atoms with E-state index in [0.717, 1.165) is 38.0 Å². The lowest BCUT2D eigenvalue weighted by atomic mass is 10.2. The van der Waals surface area contributed by atoms with Crippen LogP contribution in [-0.2, 0) is 5.75 Å². The highest BCUT2D eigenvalue weighted by Gasteiger charge is 2.14. The van der Waals surface area contributed by atoms with Gasteiger partial charge in [0.15, 0.2) is 21.5 Å². The number of fused-ring (bicyclic) bond motifs is 4. The Morgan fingerprint density at radius 1 is 1.03 bits per heavy atom. The van der Waals surface area contributed by atoms with Crippen LogP contribution in [0.3, 0.4) is 0 Å². The van der Waals surface area contributed by atoms with Crippen LogP contribution in [0.5, 0.6) is 0 Å². The largest absolute Gasteiger partial charge is 0.230 e. The molecule has 0 N–H and O–H groups in total. The summed E-state index contributed by atoms with van der Waals surface area (Å²) in [6.45, 7) is 2.06. The molecule has 0 bridgehead atoms. The van der Waals surface area contributed by atoms with Crippen molar-refractivity contribution in [2.24, 2.45) is 0 Å². The molecule has 6 aromatic rings. The van der Waals surface area contributed by atoms with Gasteiger partial charge in [-0.15, -0.1) is 16.4 Å². The normalized spacial score (nSPS) is 11.8. The van der Waals surface area contributed by atoms with E-state index >= 15 is 0 Å². The Labute approximate surface area is 179 Å². The number of thioether (sulfide) groups is 1. The molecule has 0 saturated heterocycles. The molecular weight excluding hydrogens is 414 g/mol. The van der Waals surface area contributed by atoms with Crippen molar-refractivity contribution in [3.8, 4) is 5.69 Å². The lowest BCUT2D eigenvalue weighted by Gasteiger charge is -2.03. The summed E-state index contributed by atoms with van der Waals surface area (Å²) in [5, 5.41) is 10.0.